The van der Waals surface area contributed by atoms with Crippen molar-refractivity contribution in [2.75, 3.05) is 56.8 Å². The van der Waals surface area contributed by atoms with E-state index >= 15 is 0 Å². The predicted molar refractivity (Wildman–Crippen MR) is 242 cm³/mol. The van der Waals surface area contributed by atoms with Gasteiger partial charge in [-0.2, -0.15) is 0 Å². The van der Waals surface area contributed by atoms with E-state index in [1.54, 1.807) is 47.9 Å². The molecule has 3 N–H and O–H groups in total. The van der Waals surface area contributed by atoms with Crippen LogP contribution in [0.5, 0.6) is 5.75 Å². The van der Waals surface area contributed by atoms with Gasteiger partial charge in [-0.3, -0.25) is 24.7 Å². The van der Waals surface area contributed by atoms with E-state index in [2.05, 4.69) is 35.1 Å². The number of hydrogen-bond donors (Lipinski definition) is 2. The maximum absolute atomic E-state index is 13.5. The molecule has 2 saturated heterocycles. The van der Waals surface area contributed by atoms with Crippen molar-refractivity contribution in [2.24, 2.45) is 11.8 Å². The quantitative estimate of drug-likeness (QED) is 0.143. The molecule has 2 aliphatic carbocycles. The van der Waals surface area contributed by atoms with Crippen molar-refractivity contribution in [2.45, 2.75) is 77.3 Å². The van der Waals surface area contributed by atoms with Crippen molar-refractivity contribution in [3.8, 4) is 5.75 Å². The second-order valence-electron chi connectivity index (χ2n) is 17.4. The number of Topliss-reactive ketones (excluding diaryl/α,β-unsaturated/α-hetero) is 2. The van der Waals surface area contributed by atoms with Crippen molar-refractivity contribution in [1.82, 2.24) is 19.9 Å². The Bertz CT molecular complexity index is 2650. The standard InChI is InChI=1S/C21H22FN5O2.C21H21N3O3.C6H7FN2/c1-12-15(22)4-7-19(23-12)25-21(29)27-14-8-9-26(11-14)17-6-5-16(24-20(17)27)18(28)10-13-2-3-13;25-19(12-14-6-7-14)17-8-9-18-20(22-17)24(15-10-11-23(18)13-15)21(26)27-16-4-2-1-3-5-16;1-4-5(7)2-3-6(8)9-4/h4-7,13-14H,2-3,8-11H2,1H3,(H,23,25,29);1-5,8-9,14-15H,6-7,10-13H2;2-3H,1H3,(H2,8,9)/t14-;15-;/m00./s1. The number of para-hydroxylation sites is 1. The summed E-state index contributed by atoms with van der Waals surface area (Å²) in [5.74, 6) is 2.55. The first-order valence-electron chi connectivity index (χ1n) is 22.1. The molecule has 11 rings (SSSR count). The molecule has 17 heteroatoms. The molecule has 6 aliphatic rings. The van der Waals surface area contributed by atoms with E-state index in [-0.39, 0.29) is 47.0 Å². The van der Waals surface area contributed by atoms with E-state index in [1.165, 1.54) is 24.3 Å². The monoisotopic (exact) mass is 884 g/mol. The highest BCUT2D eigenvalue weighted by Gasteiger charge is 2.43. The number of carbonyl (C=O) groups is 4. The summed E-state index contributed by atoms with van der Waals surface area (Å²) < 4.78 is 31.5. The number of aryl methyl sites for hydroxylation is 2. The first kappa shape index (κ1) is 43.2. The lowest BCUT2D eigenvalue weighted by molar-refractivity contribution is 0.0963. The molecular weight excluding hydrogens is 835 g/mol. The third-order valence-corrected chi connectivity index (χ3v) is 12.5. The van der Waals surface area contributed by atoms with E-state index in [9.17, 15) is 28.0 Å². The lowest BCUT2D eigenvalue weighted by Crippen LogP contribution is -2.48. The summed E-state index contributed by atoms with van der Waals surface area (Å²) in [5, 5.41) is 2.76. The van der Waals surface area contributed by atoms with E-state index < -0.39 is 11.9 Å². The number of hydrogen-bond acceptors (Lipinski definition) is 12. The van der Waals surface area contributed by atoms with Gasteiger partial charge in [0.25, 0.3) is 0 Å². The van der Waals surface area contributed by atoms with Crippen LogP contribution in [-0.2, 0) is 0 Å². The first-order valence-corrected chi connectivity index (χ1v) is 22.1. The molecule has 0 unspecified atom stereocenters. The fourth-order valence-electron chi connectivity index (χ4n) is 8.59. The number of nitrogens with zero attached hydrogens (tertiary/aromatic N) is 8. The number of amides is 3. The molecule has 4 bridgehead atoms. The number of nitrogen functional groups attached to an aromatic ring is 1. The van der Waals surface area contributed by atoms with Crippen LogP contribution in [0.25, 0.3) is 0 Å². The minimum absolute atomic E-state index is 0.0228. The number of nitrogens with one attached hydrogen (secondary N) is 1. The Morgan fingerprint density at radius 3 is 1.69 bits per heavy atom. The number of pyridine rings is 4. The number of carbonyl (C=O) groups excluding carboxylic acids is 4. The summed E-state index contributed by atoms with van der Waals surface area (Å²) in [6.07, 6.45) is 6.78. The van der Waals surface area contributed by atoms with Gasteiger partial charge in [0.05, 0.1) is 34.8 Å². The average molecular weight is 885 g/mol. The fraction of sp³-hybridized carbons (Fsp3) is 0.375. The Kier molecular flexibility index (Phi) is 12.1. The molecule has 3 amide bonds. The molecule has 8 heterocycles. The van der Waals surface area contributed by atoms with Crippen molar-refractivity contribution in [1.29, 1.82) is 0 Å². The highest BCUT2D eigenvalue weighted by molar-refractivity contribution is 6.05. The van der Waals surface area contributed by atoms with Crippen molar-refractivity contribution >= 4 is 58.3 Å². The van der Waals surface area contributed by atoms with Crippen LogP contribution in [0.4, 0.5) is 53.0 Å². The van der Waals surface area contributed by atoms with Crippen LogP contribution < -0.4 is 35.4 Å². The van der Waals surface area contributed by atoms with Crippen molar-refractivity contribution < 1.29 is 32.7 Å². The number of ether oxygens (including phenoxy) is 1. The van der Waals surface area contributed by atoms with Crippen LogP contribution in [0.1, 0.15) is 83.7 Å². The highest BCUT2D eigenvalue weighted by atomic mass is 19.1. The Balaban J connectivity index is 0.000000138. The lowest BCUT2D eigenvalue weighted by atomic mass is 10.1. The largest absolute Gasteiger partial charge is 0.421 e. The van der Waals surface area contributed by atoms with Gasteiger partial charge in [0.1, 0.15) is 40.4 Å². The van der Waals surface area contributed by atoms with Gasteiger partial charge in [0.2, 0.25) is 0 Å². The van der Waals surface area contributed by atoms with Gasteiger partial charge >= 0.3 is 12.1 Å². The zero-order valence-corrected chi connectivity index (χ0v) is 36.3. The van der Waals surface area contributed by atoms with Gasteiger partial charge in [0.15, 0.2) is 23.2 Å². The molecule has 4 fully saturated rings. The smallest absolute Gasteiger partial charge is 0.410 e. The van der Waals surface area contributed by atoms with Gasteiger partial charge in [-0.15, -0.1) is 0 Å². The molecule has 336 valence electrons. The Hall–Kier alpha value is -7.04. The topological polar surface area (TPSA) is 180 Å². The molecule has 65 heavy (non-hydrogen) atoms. The van der Waals surface area contributed by atoms with E-state index in [4.69, 9.17) is 10.5 Å². The van der Waals surface area contributed by atoms with Gasteiger partial charge in [-0.1, -0.05) is 18.2 Å². The summed E-state index contributed by atoms with van der Waals surface area (Å²) in [5.41, 5.74) is 8.43. The Labute approximate surface area is 375 Å². The van der Waals surface area contributed by atoms with Crippen LogP contribution >= 0.6 is 0 Å². The number of aromatic nitrogens is 4. The maximum atomic E-state index is 13.5. The summed E-state index contributed by atoms with van der Waals surface area (Å²) >= 11 is 0. The van der Waals surface area contributed by atoms with Crippen molar-refractivity contribution in [3.63, 3.8) is 0 Å². The predicted octanol–water partition coefficient (Wildman–Crippen LogP) is 8.31. The minimum Gasteiger partial charge on any atom is -0.410 e. The SMILES string of the molecule is Cc1nc(N)ccc1F.Cc1nc(NC(=O)N2c3nc(C(=O)CC4CC4)ccc3N3CC[C@H]2C3)ccc1F.O=C(CC1CC1)c1ccc2c(n1)N(C(=O)Oc1ccccc1)[C@H]1CCN2C1. The summed E-state index contributed by atoms with van der Waals surface area (Å²) in [7, 11) is 0. The zero-order valence-electron chi connectivity index (χ0n) is 36.3. The molecule has 4 aliphatic heterocycles. The number of nitrogens with two attached hydrogens (primary N) is 1. The van der Waals surface area contributed by atoms with Crippen LogP contribution in [-0.4, -0.2) is 81.9 Å². The van der Waals surface area contributed by atoms with Crippen LogP contribution in [0.15, 0.2) is 78.9 Å². The number of anilines is 6. The third kappa shape index (κ3) is 9.73. The molecule has 0 radical (unpaired) electrons. The molecule has 1 aromatic carbocycles. The normalized spacial score (nSPS) is 18.6. The van der Waals surface area contributed by atoms with E-state index in [0.29, 0.717) is 65.0 Å². The maximum Gasteiger partial charge on any atom is 0.421 e. The van der Waals surface area contributed by atoms with Crippen LogP contribution in [0, 0.1) is 37.3 Å². The number of fused-ring (bicyclic) bond motifs is 8. The summed E-state index contributed by atoms with van der Waals surface area (Å²) in [6.45, 7) is 6.35. The average Bonchev–Trinajstić information content (AvgIpc) is 4.22. The van der Waals surface area contributed by atoms with E-state index in [0.717, 1.165) is 76.1 Å². The summed E-state index contributed by atoms with van der Waals surface area (Å²) in [4.78, 5) is 75.8. The second kappa shape index (κ2) is 18.2. The Morgan fingerprint density at radius 1 is 0.646 bits per heavy atom. The van der Waals surface area contributed by atoms with Gasteiger partial charge in [-0.25, -0.2) is 38.3 Å². The van der Waals surface area contributed by atoms with Crippen LogP contribution in [0.3, 0.4) is 0 Å². The zero-order chi connectivity index (χ0) is 45.4. The van der Waals surface area contributed by atoms with Gasteiger partial charge in [0, 0.05) is 39.0 Å². The second-order valence-corrected chi connectivity index (χ2v) is 17.4. The molecular formula is C48H50F2N10O5. The van der Waals surface area contributed by atoms with Crippen molar-refractivity contribution in [3.05, 3.63) is 113 Å². The van der Waals surface area contributed by atoms with Gasteiger partial charge < -0.3 is 20.3 Å². The molecule has 15 nitrogen and oxygen atoms in total. The lowest BCUT2D eigenvalue weighted by Gasteiger charge is -2.35. The Morgan fingerprint density at radius 2 is 1.17 bits per heavy atom. The molecule has 0 spiro atoms. The van der Waals surface area contributed by atoms with Crippen LogP contribution in [0.2, 0.25) is 0 Å². The minimum atomic E-state index is -0.437. The molecule has 2 saturated carbocycles. The third-order valence-electron chi connectivity index (χ3n) is 12.5. The first-order chi connectivity index (χ1) is 31.4. The van der Waals surface area contributed by atoms with Gasteiger partial charge in [-0.05, 0) is 125 Å². The number of rotatable bonds is 8. The molecule has 4 aromatic heterocycles. The number of ketones is 2. The highest BCUT2D eigenvalue weighted by Crippen LogP contribution is 2.42. The number of urea groups is 1. The van der Waals surface area contributed by atoms with E-state index in [1.807, 2.05) is 30.3 Å². The number of halogens is 2. The molecule has 5 aromatic rings. The summed E-state index contributed by atoms with van der Waals surface area (Å²) in [6, 6.07) is 21.5. The fourth-order valence-corrected chi connectivity index (χ4v) is 8.59. The number of benzene rings is 1. The molecule has 2 atom stereocenters.